The molecule has 20 heavy (non-hydrogen) atoms. The van der Waals surface area contributed by atoms with E-state index in [1.807, 2.05) is 30.3 Å². The maximum absolute atomic E-state index is 12.1. The Balaban J connectivity index is 1.99. The number of β-amino-alcohol motifs (C(OH)–C–C–N with tert-alkyl or cyclic N) is 1. The van der Waals surface area contributed by atoms with Gasteiger partial charge in [0.1, 0.15) is 12.1 Å². The molecule has 106 valence electrons. The summed E-state index contributed by atoms with van der Waals surface area (Å²) in [6.07, 6.45) is 1.67. The molecule has 0 spiro atoms. The van der Waals surface area contributed by atoms with E-state index in [1.54, 1.807) is 0 Å². The number of carbonyl (C=O) groups excluding carboxylic acids is 1. The van der Waals surface area contributed by atoms with E-state index in [1.165, 1.54) is 4.90 Å². The van der Waals surface area contributed by atoms with Crippen LogP contribution in [0.5, 0.6) is 0 Å². The van der Waals surface area contributed by atoms with Crippen molar-refractivity contribution in [3.05, 3.63) is 35.9 Å². The molecule has 0 atom stereocenters. The van der Waals surface area contributed by atoms with Crippen molar-refractivity contribution in [2.45, 2.75) is 31.4 Å². The van der Waals surface area contributed by atoms with Gasteiger partial charge in [-0.15, -0.1) is 0 Å². The van der Waals surface area contributed by atoms with Crippen molar-refractivity contribution in [3.63, 3.8) is 0 Å². The van der Waals surface area contributed by atoms with Gasteiger partial charge in [-0.05, 0) is 24.8 Å². The van der Waals surface area contributed by atoms with Crippen molar-refractivity contribution < 1.29 is 14.6 Å². The molecule has 0 saturated heterocycles. The zero-order valence-electron chi connectivity index (χ0n) is 11.3. The molecule has 2 rings (SSSR count). The molecular formula is C15H18N2O3. The molecule has 1 aromatic carbocycles. The molecule has 0 aromatic heterocycles. The maximum atomic E-state index is 12.1. The van der Waals surface area contributed by atoms with Gasteiger partial charge in [0.25, 0.3) is 0 Å². The summed E-state index contributed by atoms with van der Waals surface area (Å²) in [4.78, 5) is 13.5. The number of nitrogens with zero attached hydrogens (tertiary/aromatic N) is 2. The van der Waals surface area contributed by atoms with Gasteiger partial charge in [-0.1, -0.05) is 30.3 Å². The van der Waals surface area contributed by atoms with Crippen LogP contribution in [0.15, 0.2) is 30.3 Å². The largest absolute Gasteiger partial charge is 0.445 e. The molecule has 1 aliphatic carbocycles. The number of ether oxygens (including phenoxy) is 1. The summed E-state index contributed by atoms with van der Waals surface area (Å²) in [5, 5.41) is 18.4. The number of aliphatic hydroxyl groups is 1. The molecule has 1 fully saturated rings. The van der Waals surface area contributed by atoms with Gasteiger partial charge < -0.3 is 9.84 Å². The van der Waals surface area contributed by atoms with Gasteiger partial charge in [-0.3, -0.25) is 4.90 Å². The second-order valence-corrected chi connectivity index (χ2v) is 4.91. The van der Waals surface area contributed by atoms with E-state index in [-0.39, 0.29) is 19.8 Å². The van der Waals surface area contributed by atoms with E-state index in [9.17, 15) is 10.1 Å². The Kier molecular flexibility index (Phi) is 4.59. The van der Waals surface area contributed by atoms with E-state index in [4.69, 9.17) is 9.84 Å². The third-order valence-corrected chi connectivity index (χ3v) is 3.65. The Morgan fingerprint density at radius 2 is 2.10 bits per heavy atom. The fraction of sp³-hybridized carbons (Fsp3) is 0.467. The van der Waals surface area contributed by atoms with Crippen LogP contribution < -0.4 is 0 Å². The fourth-order valence-corrected chi connectivity index (χ4v) is 2.33. The van der Waals surface area contributed by atoms with E-state index < -0.39 is 11.6 Å². The lowest BCUT2D eigenvalue weighted by Gasteiger charge is -2.43. The highest BCUT2D eigenvalue weighted by atomic mass is 16.6. The molecule has 0 aliphatic heterocycles. The van der Waals surface area contributed by atoms with Crippen LogP contribution in [0.3, 0.4) is 0 Å². The third-order valence-electron chi connectivity index (χ3n) is 3.65. The highest BCUT2D eigenvalue weighted by molar-refractivity contribution is 5.69. The molecular weight excluding hydrogens is 256 g/mol. The quantitative estimate of drug-likeness (QED) is 0.892. The van der Waals surface area contributed by atoms with Gasteiger partial charge in [0, 0.05) is 6.54 Å². The van der Waals surface area contributed by atoms with Gasteiger partial charge in [0.2, 0.25) is 0 Å². The number of nitriles is 1. The Hall–Kier alpha value is -2.06. The topological polar surface area (TPSA) is 73.6 Å². The lowest BCUT2D eigenvalue weighted by molar-refractivity contribution is 0.0255. The number of aliphatic hydroxyl groups excluding tert-OH is 1. The van der Waals surface area contributed by atoms with E-state index >= 15 is 0 Å². The number of amides is 1. The second kappa shape index (κ2) is 6.40. The molecule has 5 nitrogen and oxygen atoms in total. The first kappa shape index (κ1) is 14.4. The lowest BCUT2D eigenvalue weighted by Crippen LogP contribution is -2.56. The summed E-state index contributed by atoms with van der Waals surface area (Å²) in [6, 6.07) is 11.6. The number of rotatable bonds is 5. The van der Waals surface area contributed by atoms with Crippen molar-refractivity contribution in [3.8, 4) is 6.07 Å². The molecule has 1 amide bonds. The first-order chi connectivity index (χ1) is 9.72. The van der Waals surface area contributed by atoms with Crippen LogP contribution in [0.2, 0.25) is 0 Å². The van der Waals surface area contributed by atoms with Crippen LogP contribution in [0.4, 0.5) is 4.79 Å². The summed E-state index contributed by atoms with van der Waals surface area (Å²) in [6.45, 7) is 0.119. The standard InChI is InChI=1S/C15H18N2O3/c16-12-15(7-4-8-15)17(9-10-18)14(19)20-11-13-5-2-1-3-6-13/h1-3,5-6,18H,4,7-11H2. The fourth-order valence-electron chi connectivity index (χ4n) is 2.33. The monoisotopic (exact) mass is 274 g/mol. The van der Waals surface area contributed by atoms with Crippen LogP contribution in [0, 0.1) is 11.3 Å². The van der Waals surface area contributed by atoms with E-state index in [0.717, 1.165) is 12.0 Å². The van der Waals surface area contributed by atoms with Crippen LogP contribution in [0.1, 0.15) is 24.8 Å². The molecule has 1 aliphatic rings. The molecule has 0 bridgehead atoms. The number of hydrogen-bond donors (Lipinski definition) is 1. The molecule has 5 heteroatoms. The highest BCUT2D eigenvalue weighted by Crippen LogP contribution is 2.37. The van der Waals surface area contributed by atoms with Gasteiger partial charge in [0.15, 0.2) is 0 Å². The van der Waals surface area contributed by atoms with Crippen LogP contribution in [-0.2, 0) is 11.3 Å². The molecule has 1 aromatic rings. The molecule has 1 N–H and O–H groups in total. The first-order valence-corrected chi connectivity index (χ1v) is 6.72. The minimum Gasteiger partial charge on any atom is -0.445 e. The number of carbonyl (C=O) groups is 1. The summed E-state index contributed by atoms with van der Waals surface area (Å²) >= 11 is 0. The predicted molar refractivity (Wildman–Crippen MR) is 72.6 cm³/mol. The van der Waals surface area contributed by atoms with Crippen LogP contribution in [-0.4, -0.2) is 34.8 Å². The summed E-state index contributed by atoms with van der Waals surface area (Å²) in [5.74, 6) is 0. The van der Waals surface area contributed by atoms with Crippen molar-refractivity contribution in [2.24, 2.45) is 0 Å². The average Bonchev–Trinajstić information content (AvgIpc) is 2.44. The van der Waals surface area contributed by atoms with Crippen molar-refractivity contribution >= 4 is 6.09 Å². The number of benzene rings is 1. The smallest absolute Gasteiger partial charge is 0.411 e. The Morgan fingerprint density at radius 3 is 2.60 bits per heavy atom. The Bertz CT molecular complexity index is 492. The van der Waals surface area contributed by atoms with Crippen LogP contribution in [0.25, 0.3) is 0 Å². The zero-order chi connectivity index (χ0) is 14.4. The second-order valence-electron chi connectivity index (χ2n) is 4.91. The van der Waals surface area contributed by atoms with E-state index in [2.05, 4.69) is 6.07 Å². The molecule has 0 unspecified atom stereocenters. The van der Waals surface area contributed by atoms with Crippen molar-refractivity contribution in [2.75, 3.05) is 13.2 Å². The van der Waals surface area contributed by atoms with Gasteiger partial charge in [-0.2, -0.15) is 5.26 Å². The minimum atomic E-state index is -0.795. The van der Waals surface area contributed by atoms with Gasteiger partial charge in [-0.25, -0.2) is 4.79 Å². The normalized spacial score (nSPS) is 15.8. The number of hydrogen-bond acceptors (Lipinski definition) is 4. The SMILES string of the molecule is N#CC1(N(CCO)C(=O)OCc2ccccc2)CCC1. The lowest BCUT2D eigenvalue weighted by atomic mass is 9.76. The zero-order valence-corrected chi connectivity index (χ0v) is 11.3. The summed E-state index contributed by atoms with van der Waals surface area (Å²) in [5.41, 5.74) is 0.0978. The minimum absolute atomic E-state index is 0.126. The first-order valence-electron chi connectivity index (χ1n) is 6.72. The van der Waals surface area contributed by atoms with Crippen molar-refractivity contribution in [1.29, 1.82) is 5.26 Å². The van der Waals surface area contributed by atoms with Crippen LogP contribution >= 0.6 is 0 Å². The van der Waals surface area contributed by atoms with Gasteiger partial charge in [0.05, 0.1) is 12.7 Å². The predicted octanol–water partition coefficient (Wildman–Crippen LogP) is 2.06. The maximum Gasteiger partial charge on any atom is 0.411 e. The Labute approximate surface area is 118 Å². The van der Waals surface area contributed by atoms with Gasteiger partial charge >= 0.3 is 6.09 Å². The Morgan fingerprint density at radius 1 is 1.40 bits per heavy atom. The van der Waals surface area contributed by atoms with Crippen molar-refractivity contribution in [1.82, 2.24) is 4.90 Å². The highest BCUT2D eigenvalue weighted by Gasteiger charge is 2.45. The summed E-state index contributed by atoms with van der Waals surface area (Å²) < 4.78 is 5.25. The molecule has 1 saturated carbocycles. The third kappa shape index (κ3) is 2.91. The average molecular weight is 274 g/mol. The molecule has 0 radical (unpaired) electrons. The molecule has 0 heterocycles. The summed E-state index contributed by atoms with van der Waals surface area (Å²) in [7, 11) is 0. The van der Waals surface area contributed by atoms with E-state index in [0.29, 0.717) is 12.8 Å².